The van der Waals surface area contributed by atoms with E-state index in [0.29, 0.717) is 6.07 Å². The molecular formula is C8H8F5N3O2S. The zero-order valence-electron chi connectivity index (χ0n) is 9.08. The Labute approximate surface area is 104 Å². The van der Waals surface area contributed by atoms with Crippen LogP contribution in [0, 0.1) is 0 Å². The van der Waals surface area contributed by atoms with Crippen molar-refractivity contribution in [1.29, 1.82) is 0 Å². The first kappa shape index (κ1) is 15.7. The van der Waals surface area contributed by atoms with Gasteiger partial charge in [0.25, 0.3) is 16.4 Å². The molecule has 0 spiro atoms. The standard InChI is InChI=1S/C8H8F5N3O2S/c9-6(10)4-1-3(2-14)5(8(11,12)13)16-7(4)19(15,17)18/h1,6H,2,14H2,(H2,15,17,18). The molecule has 0 saturated heterocycles. The predicted octanol–water partition coefficient (Wildman–Crippen LogP) is 1.14. The molecule has 0 aliphatic rings. The Kier molecular flexibility index (Phi) is 4.12. The van der Waals surface area contributed by atoms with Crippen LogP contribution in [0.3, 0.4) is 0 Å². The quantitative estimate of drug-likeness (QED) is 0.818. The lowest BCUT2D eigenvalue weighted by atomic mass is 10.1. The van der Waals surface area contributed by atoms with E-state index < -0.39 is 51.0 Å². The first-order valence-electron chi connectivity index (χ1n) is 4.60. The summed E-state index contributed by atoms with van der Waals surface area (Å²) in [6.45, 7) is -0.730. The molecule has 1 rings (SSSR count). The molecule has 19 heavy (non-hydrogen) atoms. The second kappa shape index (κ2) is 4.98. The Morgan fingerprint density at radius 2 is 1.84 bits per heavy atom. The highest BCUT2D eigenvalue weighted by Crippen LogP contribution is 2.34. The number of aromatic nitrogens is 1. The second-order valence-electron chi connectivity index (χ2n) is 3.44. The van der Waals surface area contributed by atoms with Crippen molar-refractivity contribution in [3.8, 4) is 0 Å². The van der Waals surface area contributed by atoms with Crippen molar-refractivity contribution in [3.05, 3.63) is 22.9 Å². The van der Waals surface area contributed by atoms with Crippen molar-refractivity contribution in [1.82, 2.24) is 4.98 Å². The summed E-state index contributed by atoms with van der Waals surface area (Å²) in [7, 11) is -4.82. The average molecular weight is 305 g/mol. The number of rotatable bonds is 3. The molecule has 0 atom stereocenters. The van der Waals surface area contributed by atoms with Crippen molar-refractivity contribution in [2.75, 3.05) is 0 Å². The van der Waals surface area contributed by atoms with E-state index in [1.165, 1.54) is 0 Å². The van der Waals surface area contributed by atoms with Crippen molar-refractivity contribution < 1.29 is 30.4 Å². The fourth-order valence-electron chi connectivity index (χ4n) is 1.34. The lowest BCUT2D eigenvalue weighted by Crippen LogP contribution is -2.22. The van der Waals surface area contributed by atoms with Crippen LogP contribution in [0.1, 0.15) is 23.2 Å². The number of primary sulfonamides is 1. The highest BCUT2D eigenvalue weighted by molar-refractivity contribution is 7.89. The van der Waals surface area contributed by atoms with E-state index in [2.05, 4.69) is 10.1 Å². The maximum Gasteiger partial charge on any atom is 0.433 e. The summed E-state index contributed by atoms with van der Waals surface area (Å²) in [5.41, 5.74) is 1.41. The number of nitrogens with zero attached hydrogens (tertiary/aromatic N) is 1. The van der Waals surface area contributed by atoms with Gasteiger partial charge in [0.1, 0.15) is 0 Å². The molecule has 5 nitrogen and oxygen atoms in total. The minimum atomic E-state index is -5.03. The van der Waals surface area contributed by atoms with Gasteiger partial charge in [0, 0.05) is 6.54 Å². The molecule has 1 aromatic heterocycles. The summed E-state index contributed by atoms with van der Waals surface area (Å²) in [6.07, 6.45) is -8.39. The van der Waals surface area contributed by atoms with Gasteiger partial charge >= 0.3 is 6.18 Å². The van der Waals surface area contributed by atoms with Crippen molar-refractivity contribution >= 4 is 10.0 Å². The Morgan fingerprint density at radius 3 is 2.16 bits per heavy atom. The summed E-state index contributed by atoms with van der Waals surface area (Å²) in [6, 6.07) is 0.347. The van der Waals surface area contributed by atoms with Crippen molar-refractivity contribution in [3.63, 3.8) is 0 Å². The molecular weight excluding hydrogens is 297 g/mol. The molecule has 0 aliphatic heterocycles. The van der Waals surface area contributed by atoms with Crippen LogP contribution in [0.4, 0.5) is 22.0 Å². The SMILES string of the molecule is NCc1cc(C(F)F)c(S(N)(=O)=O)nc1C(F)(F)F. The lowest BCUT2D eigenvalue weighted by Gasteiger charge is -2.14. The van der Waals surface area contributed by atoms with E-state index in [-0.39, 0.29) is 0 Å². The van der Waals surface area contributed by atoms with E-state index in [1.807, 2.05) is 0 Å². The first-order valence-corrected chi connectivity index (χ1v) is 6.15. The van der Waals surface area contributed by atoms with Crippen LogP contribution in [0.25, 0.3) is 0 Å². The highest BCUT2D eigenvalue weighted by Gasteiger charge is 2.38. The van der Waals surface area contributed by atoms with Gasteiger partial charge in [-0.3, -0.25) is 0 Å². The van der Waals surface area contributed by atoms with Crippen LogP contribution in [-0.4, -0.2) is 13.4 Å². The van der Waals surface area contributed by atoms with E-state index >= 15 is 0 Å². The van der Waals surface area contributed by atoms with Gasteiger partial charge in [0.15, 0.2) is 10.7 Å². The summed E-state index contributed by atoms with van der Waals surface area (Å²) >= 11 is 0. The van der Waals surface area contributed by atoms with Gasteiger partial charge in [0.05, 0.1) is 5.56 Å². The number of hydrogen-bond acceptors (Lipinski definition) is 4. The predicted molar refractivity (Wildman–Crippen MR) is 53.5 cm³/mol. The first-order chi connectivity index (χ1) is 8.48. The maximum absolute atomic E-state index is 12.6. The fourth-order valence-corrected chi connectivity index (χ4v) is 2.04. The van der Waals surface area contributed by atoms with Gasteiger partial charge in [-0.05, 0) is 11.6 Å². The van der Waals surface area contributed by atoms with Crippen LogP contribution in [0.15, 0.2) is 11.1 Å². The molecule has 4 N–H and O–H groups in total. The third-order valence-electron chi connectivity index (χ3n) is 2.09. The maximum atomic E-state index is 12.6. The number of alkyl halides is 5. The molecule has 0 unspecified atom stereocenters. The third-order valence-corrected chi connectivity index (χ3v) is 2.95. The largest absolute Gasteiger partial charge is 0.433 e. The molecule has 0 amide bonds. The van der Waals surface area contributed by atoms with Gasteiger partial charge in [-0.25, -0.2) is 27.3 Å². The number of pyridine rings is 1. The molecule has 0 radical (unpaired) electrons. The molecule has 1 heterocycles. The third kappa shape index (κ3) is 3.36. The molecule has 0 saturated carbocycles. The van der Waals surface area contributed by atoms with Crippen LogP contribution < -0.4 is 10.9 Å². The van der Waals surface area contributed by atoms with Gasteiger partial charge in [-0.1, -0.05) is 0 Å². The fraction of sp³-hybridized carbons (Fsp3) is 0.375. The van der Waals surface area contributed by atoms with E-state index in [0.717, 1.165) is 0 Å². The molecule has 0 aromatic carbocycles. The van der Waals surface area contributed by atoms with E-state index in [1.54, 1.807) is 0 Å². The van der Waals surface area contributed by atoms with Gasteiger partial charge in [-0.2, -0.15) is 13.2 Å². The molecule has 0 aliphatic carbocycles. The molecule has 1 aromatic rings. The number of halogens is 5. The van der Waals surface area contributed by atoms with Crippen molar-refractivity contribution in [2.45, 2.75) is 24.2 Å². The van der Waals surface area contributed by atoms with Crippen LogP contribution in [0.5, 0.6) is 0 Å². The Morgan fingerprint density at radius 1 is 1.32 bits per heavy atom. The number of sulfonamides is 1. The zero-order valence-corrected chi connectivity index (χ0v) is 9.89. The molecule has 11 heteroatoms. The minimum Gasteiger partial charge on any atom is -0.326 e. The summed E-state index contributed by atoms with van der Waals surface area (Å²) < 4.78 is 85.1. The summed E-state index contributed by atoms with van der Waals surface area (Å²) in [4.78, 5) is 2.71. The van der Waals surface area contributed by atoms with E-state index in [9.17, 15) is 30.4 Å². The Balaban J connectivity index is 3.72. The topological polar surface area (TPSA) is 99.1 Å². The number of hydrogen-bond donors (Lipinski definition) is 2. The molecule has 0 fully saturated rings. The Bertz CT molecular complexity index is 585. The minimum absolute atomic E-state index is 0.347. The summed E-state index contributed by atoms with van der Waals surface area (Å²) in [5, 5.41) is 3.07. The van der Waals surface area contributed by atoms with Gasteiger partial charge < -0.3 is 5.73 Å². The van der Waals surface area contributed by atoms with Gasteiger partial charge in [0.2, 0.25) is 0 Å². The highest BCUT2D eigenvalue weighted by atomic mass is 32.2. The van der Waals surface area contributed by atoms with Crippen LogP contribution in [-0.2, 0) is 22.7 Å². The van der Waals surface area contributed by atoms with Crippen LogP contribution >= 0.6 is 0 Å². The number of nitrogens with two attached hydrogens (primary N) is 2. The lowest BCUT2D eigenvalue weighted by molar-refractivity contribution is -0.142. The van der Waals surface area contributed by atoms with Crippen LogP contribution in [0.2, 0.25) is 0 Å². The van der Waals surface area contributed by atoms with E-state index in [4.69, 9.17) is 5.73 Å². The molecule has 108 valence electrons. The summed E-state index contributed by atoms with van der Waals surface area (Å²) in [5.74, 6) is 0. The van der Waals surface area contributed by atoms with Crippen molar-refractivity contribution in [2.24, 2.45) is 10.9 Å². The smallest absolute Gasteiger partial charge is 0.326 e. The second-order valence-corrected chi connectivity index (χ2v) is 4.91. The normalized spacial score (nSPS) is 13.1. The van der Waals surface area contributed by atoms with Gasteiger partial charge in [-0.15, -0.1) is 0 Å². The average Bonchev–Trinajstić information content (AvgIpc) is 2.24. The monoisotopic (exact) mass is 305 g/mol. The zero-order chi connectivity index (χ0) is 15.0. The Hall–Kier alpha value is -1.33. The molecule has 0 bridgehead atoms.